The topological polar surface area (TPSA) is 44.3 Å². The monoisotopic (exact) mass is 417 g/mol. The molecule has 1 aromatic heterocycles. The van der Waals surface area contributed by atoms with E-state index < -0.39 is 0 Å². The summed E-state index contributed by atoms with van der Waals surface area (Å²) in [7, 11) is 3.23. The Morgan fingerprint density at radius 2 is 1.71 bits per heavy atom. The number of ether oxygens (including phenoxy) is 2. The van der Waals surface area contributed by atoms with Crippen molar-refractivity contribution in [2.75, 3.05) is 14.2 Å². The first-order valence-electron chi connectivity index (χ1n) is 10.7. The van der Waals surface area contributed by atoms with Gasteiger partial charge in [-0.05, 0) is 30.5 Å². The van der Waals surface area contributed by atoms with E-state index in [1.165, 1.54) is 0 Å². The molecule has 160 valence electrons. The number of hydrogen-bond donors (Lipinski definition) is 0. The van der Waals surface area contributed by atoms with Gasteiger partial charge in [-0.25, -0.2) is 9.13 Å². The fraction of sp³-hybridized carbons (Fsp3) is 0.308. The number of imidazole rings is 1. The molecule has 5 nitrogen and oxygen atoms in total. The summed E-state index contributed by atoms with van der Waals surface area (Å²) in [6, 6.07) is 17.8. The molecule has 0 spiro atoms. The maximum absolute atomic E-state index is 13.5. The second-order valence-electron chi connectivity index (χ2n) is 8.24. The number of carbonyl (C=O) groups excluding carboxylic acids is 1. The molecule has 0 atom stereocenters. The van der Waals surface area contributed by atoms with Crippen LogP contribution >= 0.6 is 0 Å². The molecule has 31 heavy (non-hydrogen) atoms. The zero-order chi connectivity index (χ0) is 22.0. The fourth-order valence-corrected chi connectivity index (χ4v) is 4.10. The zero-order valence-corrected chi connectivity index (χ0v) is 18.6. The van der Waals surface area contributed by atoms with Gasteiger partial charge in [0.2, 0.25) is 12.1 Å². The zero-order valence-electron chi connectivity index (χ0n) is 18.6. The summed E-state index contributed by atoms with van der Waals surface area (Å²) >= 11 is 0. The van der Waals surface area contributed by atoms with E-state index in [-0.39, 0.29) is 12.3 Å². The first-order chi connectivity index (χ1) is 15.0. The minimum Gasteiger partial charge on any atom is -0.496 e. The minimum absolute atomic E-state index is 0.0161. The lowest BCUT2D eigenvalue weighted by molar-refractivity contribution is -0.658. The molecule has 0 N–H and O–H groups in total. The standard InChI is InChI=1S/C26H29N2O3/c1-18(2)13-14-27-17-28(23-12-8-7-11-22(23)27)16-24(29)21-15-25(30-3)19-9-5-6-10-20(19)26(21)31-4/h5-12,15,17-18H,13-14,16H2,1-4H3/q+1. The van der Waals surface area contributed by atoms with Crippen molar-refractivity contribution in [1.29, 1.82) is 0 Å². The van der Waals surface area contributed by atoms with Crippen LogP contribution in [-0.2, 0) is 13.1 Å². The van der Waals surface area contributed by atoms with Crippen LogP contribution in [0.5, 0.6) is 11.5 Å². The number of aryl methyl sites for hydroxylation is 1. The lowest BCUT2D eigenvalue weighted by Crippen LogP contribution is -2.37. The molecule has 0 amide bonds. The van der Waals surface area contributed by atoms with Crippen LogP contribution in [0.2, 0.25) is 0 Å². The van der Waals surface area contributed by atoms with E-state index in [0.717, 1.165) is 34.8 Å². The highest BCUT2D eigenvalue weighted by atomic mass is 16.5. The fourth-order valence-electron chi connectivity index (χ4n) is 4.10. The Balaban J connectivity index is 1.75. The highest BCUT2D eigenvalue weighted by molar-refractivity contribution is 6.06. The van der Waals surface area contributed by atoms with Gasteiger partial charge in [0.1, 0.15) is 11.5 Å². The van der Waals surface area contributed by atoms with Gasteiger partial charge in [0.25, 0.3) is 0 Å². The van der Waals surface area contributed by atoms with Gasteiger partial charge in [-0.3, -0.25) is 4.79 Å². The Kier molecular flexibility index (Phi) is 5.94. The van der Waals surface area contributed by atoms with Crippen molar-refractivity contribution in [2.45, 2.75) is 33.4 Å². The SMILES string of the molecule is COc1cc(C(=O)C[n+]2cn(CCC(C)C)c3ccccc32)c(OC)c2ccccc12. The van der Waals surface area contributed by atoms with E-state index in [2.05, 4.69) is 36.9 Å². The molecule has 0 unspecified atom stereocenters. The van der Waals surface area contributed by atoms with E-state index in [1.54, 1.807) is 20.3 Å². The smallest absolute Gasteiger partial charge is 0.245 e. The van der Waals surface area contributed by atoms with E-state index in [1.807, 2.05) is 41.0 Å². The summed E-state index contributed by atoms with van der Waals surface area (Å²) in [5, 5.41) is 1.80. The average Bonchev–Trinajstić information content (AvgIpc) is 3.13. The molecular formula is C26H29N2O3+. The van der Waals surface area contributed by atoms with Crippen molar-refractivity contribution >= 4 is 27.6 Å². The third kappa shape index (κ3) is 4.00. The number of hydrogen-bond acceptors (Lipinski definition) is 3. The van der Waals surface area contributed by atoms with E-state index in [9.17, 15) is 4.79 Å². The molecule has 0 radical (unpaired) electrons. The number of aromatic nitrogens is 2. The van der Waals surface area contributed by atoms with E-state index in [4.69, 9.17) is 9.47 Å². The van der Waals surface area contributed by atoms with Gasteiger partial charge in [-0.15, -0.1) is 0 Å². The molecule has 1 heterocycles. The summed E-state index contributed by atoms with van der Waals surface area (Å²) in [6.07, 6.45) is 3.14. The molecule has 5 heteroatoms. The largest absolute Gasteiger partial charge is 0.496 e. The van der Waals surface area contributed by atoms with Gasteiger partial charge < -0.3 is 9.47 Å². The second-order valence-corrected chi connectivity index (χ2v) is 8.24. The van der Waals surface area contributed by atoms with Gasteiger partial charge >= 0.3 is 0 Å². The third-order valence-corrected chi connectivity index (χ3v) is 5.72. The van der Waals surface area contributed by atoms with E-state index in [0.29, 0.717) is 23.0 Å². The Bertz CT molecular complexity index is 1240. The Hall–Kier alpha value is -3.34. The predicted octanol–water partition coefficient (Wildman–Crippen LogP) is 5.03. The highest BCUT2D eigenvalue weighted by Gasteiger charge is 2.23. The van der Waals surface area contributed by atoms with Gasteiger partial charge in [0.15, 0.2) is 17.6 Å². The molecular weight excluding hydrogens is 388 g/mol. The maximum Gasteiger partial charge on any atom is 0.245 e. The molecule has 0 aliphatic rings. The van der Waals surface area contributed by atoms with Crippen LogP contribution in [0.3, 0.4) is 0 Å². The first kappa shape index (κ1) is 20.9. The lowest BCUT2D eigenvalue weighted by atomic mass is 10.0. The molecule has 4 aromatic rings. The van der Waals surface area contributed by atoms with Crippen LogP contribution in [0.1, 0.15) is 30.6 Å². The quantitative estimate of drug-likeness (QED) is 0.298. The average molecular weight is 418 g/mol. The molecule has 0 saturated carbocycles. The summed E-state index contributed by atoms with van der Waals surface area (Å²) < 4.78 is 15.5. The molecule has 0 bridgehead atoms. The molecule has 0 saturated heterocycles. The predicted molar refractivity (Wildman–Crippen MR) is 123 cm³/mol. The minimum atomic E-state index is -0.0161. The molecule has 3 aromatic carbocycles. The number of fused-ring (bicyclic) bond motifs is 2. The number of nitrogens with zero attached hydrogens (tertiary/aromatic N) is 2. The van der Waals surface area contributed by atoms with Crippen molar-refractivity contribution in [3.63, 3.8) is 0 Å². The number of ketones is 1. The number of rotatable bonds is 8. The highest BCUT2D eigenvalue weighted by Crippen LogP contribution is 2.36. The van der Waals surface area contributed by atoms with Gasteiger partial charge in [0.05, 0.1) is 26.3 Å². The first-order valence-corrected chi connectivity index (χ1v) is 10.7. The van der Waals surface area contributed by atoms with Gasteiger partial charge in [0, 0.05) is 10.8 Å². The third-order valence-electron chi connectivity index (χ3n) is 5.72. The van der Waals surface area contributed by atoms with Crippen molar-refractivity contribution < 1.29 is 18.8 Å². The number of carbonyl (C=O) groups is 1. The molecule has 0 aliphatic heterocycles. The summed E-state index contributed by atoms with van der Waals surface area (Å²) in [4.78, 5) is 13.5. The van der Waals surface area contributed by atoms with Crippen LogP contribution in [0, 0.1) is 5.92 Å². The maximum atomic E-state index is 13.5. The number of methoxy groups -OCH3 is 2. The van der Waals surface area contributed by atoms with Crippen molar-refractivity contribution in [2.24, 2.45) is 5.92 Å². The Morgan fingerprint density at radius 1 is 1.00 bits per heavy atom. The Morgan fingerprint density at radius 3 is 2.42 bits per heavy atom. The Labute approximate surface area is 182 Å². The number of Topliss-reactive ketones (excluding diaryl/α,β-unsaturated/α-hetero) is 1. The summed E-state index contributed by atoms with van der Waals surface area (Å²) in [6.45, 7) is 5.60. The molecule has 0 fully saturated rings. The van der Waals surface area contributed by atoms with Crippen molar-refractivity contribution in [1.82, 2.24) is 4.57 Å². The van der Waals surface area contributed by atoms with Crippen LogP contribution < -0.4 is 14.0 Å². The second kappa shape index (κ2) is 8.80. The normalized spacial score (nSPS) is 11.4. The molecule has 0 aliphatic carbocycles. The van der Waals surface area contributed by atoms with Crippen molar-refractivity contribution in [3.8, 4) is 11.5 Å². The lowest BCUT2D eigenvalue weighted by Gasteiger charge is -2.14. The number of benzene rings is 3. The molecule has 4 rings (SSSR count). The van der Waals surface area contributed by atoms with E-state index >= 15 is 0 Å². The van der Waals surface area contributed by atoms with Gasteiger partial charge in [-0.2, -0.15) is 0 Å². The van der Waals surface area contributed by atoms with Crippen LogP contribution in [-0.4, -0.2) is 24.6 Å². The van der Waals surface area contributed by atoms with Crippen molar-refractivity contribution in [3.05, 3.63) is 66.5 Å². The summed E-state index contributed by atoms with van der Waals surface area (Å²) in [5.41, 5.74) is 2.72. The van der Waals surface area contributed by atoms with Crippen LogP contribution in [0.25, 0.3) is 21.8 Å². The van der Waals surface area contributed by atoms with Gasteiger partial charge in [-0.1, -0.05) is 50.2 Å². The van der Waals surface area contributed by atoms with Crippen LogP contribution in [0.15, 0.2) is 60.9 Å². The van der Waals surface area contributed by atoms with Crippen LogP contribution in [0.4, 0.5) is 0 Å². The number of para-hydroxylation sites is 2. The summed E-state index contributed by atoms with van der Waals surface area (Å²) in [5.74, 6) is 1.86.